The molecular formula is C39H44Br2O10S2. The molecule has 14 heteroatoms. The van der Waals surface area contributed by atoms with E-state index in [1.54, 1.807) is 24.3 Å². The summed E-state index contributed by atoms with van der Waals surface area (Å²) < 4.78 is 85.0. The number of hydrogen-bond donors (Lipinski definition) is 0. The summed E-state index contributed by atoms with van der Waals surface area (Å²) >= 11 is 7.36. The van der Waals surface area contributed by atoms with Gasteiger partial charge in [0, 0.05) is 27.6 Å². The molecule has 4 aromatic carbocycles. The summed E-state index contributed by atoms with van der Waals surface area (Å²) in [4.78, 5) is 0.228. The molecule has 0 aromatic heterocycles. The Balaban J connectivity index is 1.09. The van der Waals surface area contributed by atoms with E-state index in [1.807, 2.05) is 26.0 Å². The Morgan fingerprint density at radius 2 is 0.811 bits per heavy atom. The van der Waals surface area contributed by atoms with Gasteiger partial charge in [-0.15, -0.1) is 0 Å². The molecule has 0 heterocycles. The number of benzene rings is 4. The van der Waals surface area contributed by atoms with Crippen molar-refractivity contribution in [2.24, 2.45) is 0 Å². The average Bonchev–Trinajstić information content (AvgIpc) is 3.38. The quantitative estimate of drug-likeness (QED) is 0.0572. The van der Waals surface area contributed by atoms with Crippen LogP contribution in [0, 0.1) is 13.8 Å². The lowest BCUT2D eigenvalue weighted by Crippen LogP contribution is -2.30. The molecule has 0 atom stereocenters. The maximum atomic E-state index is 12.4. The minimum absolute atomic E-state index is 0.0919. The van der Waals surface area contributed by atoms with Gasteiger partial charge in [-0.25, -0.2) is 0 Å². The molecule has 4 aromatic rings. The number of ether oxygens (including phenoxy) is 4. The summed E-state index contributed by atoms with van der Waals surface area (Å²) in [6, 6.07) is 25.7. The third-order valence-corrected chi connectivity index (χ3v) is 12.6. The predicted octanol–water partition coefficient (Wildman–Crippen LogP) is 7.75. The van der Waals surface area contributed by atoms with Crippen molar-refractivity contribution >= 4 is 52.1 Å². The van der Waals surface area contributed by atoms with Crippen molar-refractivity contribution in [3.05, 3.63) is 116 Å². The first-order valence-electron chi connectivity index (χ1n) is 17.2. The van der Waals surface area contributed by atoms with Crippen LogP contribution >= 0.6 is 31.9 Å². The maximum absolute atomic E-state index is 12.4. The summed E-state index contributed by atoms with van der Waals surface area (Å²) in [5, 5.41) is 0. The molecule has 0 amide bonds. The Morgan fingerprint density at radius 1 is 0.472 bits per heavy atom. The van der Waals surface area contributed by atoms with Gasteiger partial charge in [-0.1, -0.05) is 79.4 Å². The van der Waals surface area contributed by atoms with Gasteiger partial charge in [-0.2, -0.15) is 16.8 Å². The van der Waals surface area contributed by atoms with Gasteiger partial charge in [0.2, 0.25) is 0 Å². The van der Waals surface area contributed by atoms with E-state index in [9.17, 15) is 16.8 Å². The molecule has 0 radical (unpaired) electrons. The highest BCUT2D eigenvalue weighted by Gasteiger charge is 2.43. The van der Waals surface area contributed by atoms with Crippen molar-refractivity contribution in [3.63, 3.8) is 0 Å². The predicted molar refractivity (Wildman–Crippen MR) is 209 cm³/mol. The van der Waals surface area contributed by atoms with Crippen LogP contribution in [0.5, 0.6) is 0 Å². The van der Waals surface area contributed by atoms with E-state index in [4.69, 9.17) is 27.3 Å². The van der Waals surface area contributed by atoms with Crippen molar-refractivity contribution < 1.29 is 44.1 Å². The van der Waals surface area contributed by atoms with E-state index >= 15 is 0 Å². The highest BCUT2D eigenvalue weighted by Crippen LogP contribution is 2.54. The third-order valence-electron chi connectivity index (χ3n) is 8.93. The first-order chi connectivity index (χ1) is 25.4. The Kier molecular flexibility index (Phi) is 15.2. The van der Waals surface area contributed by atoms with E-state index in [0.29, 0.717) is 39.3 Å². The van der Waals surface area contributed by atoms with Crippen molar-refractivity contribution in [3.8, 4) is 11.1 Å². The van der Waals surface area contributed by atoms with Crippen LogP contribution in [0.3, 0.4) is 0 Å². The van der Waals surface area contributed by atoms with Crippen molar-refractivity contribution in [1.29, 1.82) is 0 Å². The molecule has 286 valence electrons. The van der Waals surface area contributed by atoms with Crippen LogP contribution in [0.4, 0.5) is 0 Å². The molecular weight excluding hydrogens is 852 g/mol. The Hall–Kier alpha value is -2.50. The van der Waals surface area contributed by atoms with Gasteiger partial charge >= 0.3 is 0 Å². The lowest BCUT2D eigenvalue weighted by atomic mass is 9.73. The van der Waals surface area contributed by atoms with E-state index in [2.05, 4.69) is 56.1 Å². The Morgan fingerprint density at radius 3 is 1.19 bits per heavy atom. The molecule has 1 aliphatic rings. The summed E-state index contributed by atoms with van der Waals surface area (Å²) in [7, 11) is -7.68. The lowest BCUT2D eigenvalue weighted by molar-refractivity contribution is 0.0239. The van der Waals surface area contributed by atoms with E-state index in [1.165, 1.54) is 46.5 Å². The number of aryl methyl sites for hydroxylation is 2. The van der Waals surface area contributed by atoms with Gasteiger partial charge in [0.05, 0.1) is 62.6 Å². The lowest BCUT2D eigenvalue weighted by Gasteiger charge is -2.32. The summed E-state index contributed by atoms with van der Waals surface area (Å²) in [5.41, 5.74) is 6.26. The second-order valence-electron chi connectivity index (χ2n) is 12.6. The summed E-state index contributed by atoms with van der Waals surface area (Å²) in [6.07, 6.45) is 1.37. The molecule has 10 nitrogen and oxygen atoms in total. The van der Waals surface area contributed by atoms with Gasteiger partial charge < -0.3 is 18.9 Å². The molecule has 53 heavy (non-hydrogen) atoms. The molecule has 0 aliphatic heterocycles. The standard InChI is InChI=1S/C39H44Br2O10S2/c1-29-3-9-33(10-4-29)52(42,43)50-25-23-48-21-19-46-17-15-39(37-27-31(40)7-13-35(37)36-14-8-32(41)28-38(36)39)16-18-47-20-22-49-24-26-51-53(44,45)34-11-5-30(2)6-12-34/h3-14,27-28H,15-26H2,1-2H3. The first kappa shape index (κ1) is 41.7. The van der Waals surface area contributed by atoms with Crippen LogP contribution < -0.4 is 0 Å². The normalized spacial score (nSPS) is 13.6. The van der Waals surface area contributed by atoms with Crippen LogP contribution in [-0.2, 0) is 53.0 Å². The van der Waals surface area contributed by atoms with Crippen molar-refractivity contribution in [2.45, 2.75) is 41.9 Å². The maximum Gasteiger partial charge on any atom is 0.297 e. The number of rotatable bonds is 22. The molecule has 1 aliphatic carbocycles. The monoisotopic (exact) mass is 894 g/mol. The number of halogens is 2. The summed E-state index contributed by atoms with van der Waals surface area (Å²) in [6.45, 7) is 5.97. The van der Waals surface area contributed by atoms with E-state index in [0.717, 1.165) is 20.1 Å². The molecule has 0 saturated carbocycles. The Labute approximate surface area is 329 Å². The van der Waals surface area contributed by atoms with Crippen LogP contribution in [-0.4, -0.2) is 82.9 Å². The fraction of sp³-hybridized carbons (Fsp3) is 0.385. The first-order valence-corrected chi connectivity index (χ1v) is 21.7. The minimum atomic E-state index is -3.84. The average molecular weight is 897 g/mol. The van der Waals surface area contributed by atoms with E-state index < -0.39 is 25.7 Å². The van der Waals surface area contributed by atoms with Crippen LogP contribution in [0.15, 0.2) is 104 Å². The molecule has 0 fully saturated rings. The molecule has 0 bridgehead atoms. The fourth-order valence-electron chi connectivity index (χ4n) is 6.19. The number of hydrogen-bond acceptors (Lipinski definition) is 10. The highest BCUT2D eigenvalue weighted by atomic mass is 79.9. The van der Waals surface area contributed by atoms with Crippen molar-refractivity contribution in [1.82, 2.24) is 0 Å². The second-order valence-corrected chi connectivity index (χ2v) is 17.7. The zero-order valence-corrected chi connectivity index (χ0v) is 34.5. The third kappa shape index (κ3) is 11.3. The fourth-order valence-corrected chi connectivity index (χ4v) is 8.70. The van der Waals surface area contributed by atoms with Gasteiger partial charge in [-0.05, 0) is 97.5 Å². The van der Waals surface area contributed by atoms with Crippen LogP contribution in [0.2, 0.25) is 0 Å². The molecule has 0 saturated heterocycles. The van der Waals surface area contributed by atoms with Gasteiger partial charge in [0.25, 0.3) is 20.2 Å². The summed E-state index contributed by atoms with van der Waals surface area (Å²) in [5.74, 6) is 0. The van der Waals surface area contributed by atoms with Gasteiger partial charge in [0.1, 0.15) is 0 Å². The van der Waals surface area contributed by atoms with Crippen LogP contribution in [0.1, 0.15) is 35.1 Å². The van der Waals surface area contributed by atoms with Gasteiger partial charge in [0.15, 0.2) is 0 Å². The SMILES string of the molecule is Cc1ccc(S(=O)(=O)OCCOCCOCCC2(CCOCCOCCOS(=O)(=O)c3ccc(C)cc3)c3cc(Br)ccc3-c3ccc(Br)cc32)cc1. The van der Waals surface area contributed by atoms with E-state index in [-0.39, 0.29) is 49.4 Å². The molecule has 0 unspecified atom stereocenters. The topological polar surface area (TPSA) is 124 Å². The van der Waals surface area contributed by atoms with Crippen molar-refractivity contribution in [2.75, 3.05) is 66.1 Å². The minimum Gasteiger partial charge on any atom is -0.379 e. The highest BCUT2D eigenvalue weighted by molar-refractivity contribution is 9.10. The zero-order valence-electron chi connectivity index (χ0n) is 29.7. The Bertz CT molecular complexity index is 1870. The second kappa shape index (κ2) is 19.4. The molecule has 0 spiro atoms. The molecule has 5 rings (SSSR count). The smallest absolute Gasteiger partial charge is 0.297 e. The largest absolute Gasteiger partial charge is 0.379 e. The van der Waals surface area contributed by atoms with Gasteiger partial charge in [-0.3, -0.25) is 8.37 Å². The zero-order chi connectivity index (χ0) is 37.9. The number of fused-ring (bicyclic) bond motifs is 3. The van der Waals surface area contributed by atoms with Crippen LogP contribution in [0.25, 0.3) is 11.1 Å². The molecule has 0 N–H and O–H groups in total.